The van der Waals surface area contributed by atoms with Crippen LogP contribution in [-0.2, 0) is 9.53 Å². The van der Waals surface area contributed by atoms with Crippen LogP contribution in [0, 0.1) is 0 Å². The Bertz CT molecular complexity index is 511. The van der Waals surface area contributed by atoms with Crippen LogP contribution in [0.5, 0.6) is 0 Å². The van der Waals surface area contributed by atoms with Gasteiger partial charge in [-0.05, 0) is 19.1 Å². The summed E-state index contributed by atoms with van der Waals surface area (Å²) in [6, 6.07) is 10.5. The summed E-state index contributed by atoms with van der Waals surface area (Å²) in [7, 11) is 1.40. The molecule has 0 atom stereocenters. The van der Waals surface area contributed by atoms with Gasteiger partial charge in [0.25, 0.3) is 0 Å². The predicted octanol–water partition coefficient (Wildman–Crippen LogP) is 1.34. The van der Waals surface area contributed by atoms with Gasteiger partial charge in [0.05, 0.1) is 20.1 Å². The van der Waals surface area contributed by atoms with Gasteiger partial charge in [-0.1, -0.05) is 18.2 Å². The summed E-state index contributed by atoms with van der Waals surface area (Å²) in [4.78, 5) is 20.4. The second-order valence-electron chi connectivity index (χ2n) is 5.37. The third kappa shape index (κ3) is 5.16. The van der Waals surface area contributed by atoms with Crippen molar-refractivity contribution >= 4 is 17.6 Å². The van der Waals surface area contributed by atoms with Gasteiger partial charge in [-0.25, -0.2) is 0 Å². The molecule has 126 valence electrons. The minimum atomic E-state index is -0.224. The topological polar surface area (TPSA) is 57.2 Å². The third-order valence-corrected chi connectivity index (χ3v) is 3.84. The number of nitrogens with one attached hydrogen (secondary N) is 1. The number of methoxy groups -OCH3 is 1. The molecular weight excluding hydrogens is 292 g/mol. The molecule has 0 saturated carbocycles. The fourth-order valence-corrected chi connectivity index (χ4v) is 2.60. The van der Waals surface area contributed by atoms with E-state index in [0.717, 1.165) is 38.7 Å². The molecule has 0 aromatic heterocycles. The van der Waals surface area contributed by atoms with Crippen molar-refractivity contribution in [1.82, 2.24) is 10.2 Å². The number of esters is 1. The molecule has 0 bridgehead atoms. The Hall–Kier alpha value is -2.24. The van der Waals surface area contributed by atoms with E-state index in [9.17, 15) is 4.79 Å². The number of carbonyl (C=O) groups excluding carboxylic acids is 1. The van der Waals surface area contributed by atoms with Gasteiger partial charge in [-0.2, -0.15) is 0 Å². The molecule has 0 spiro atoms. The second kappa shape index (κ2) is 9.02. The zero-order chi connectivity index (χ0) is 16.5. The largest absolute Gasteiger partial charge is 0.469 e. The Morgan fingerprint density at radius 3 is 2.52 bits per heavy atom. The first kappa shape index (κ1) is 17.1. The molecule has 0 radical (unpaired) electrons. The minimum Gasteiger partial charge on any atom is -0.469 e. The number of ether oxygens (including phenoxy) is 1. The van der Waals surface area contributed by atoms with Gasteiger partial charge in [-0.3, -0.25) is 9.79 Å². The van der Waals surface area contributed by atoms with Crippen LogP contribution < -0.4 is 10.2 Å². The number of guanidine groups is 1. The minimum absolute atomic E-state index is 0.224. The van der Waals surface area contributed by atoms with Gasteiger partial charge in [0, 0.05) is 38.4 Å². The summed E-state index contributed by atoms with van der Waals surface area (Å²) < 4.78 is 4.65. The quantitative estimate of drug-likeness (QED) is 0.504. The Kier molecular flexibility index (Phi) is 6.72. The van der Waals surface area contributed by atoms with Crippen molar-refractivity contribution in [2.75, 3.05) is 51.3 Å². The molecule has 23 heavy (non-hydrogen) atoms. The van der Waals surface area contributed by atoms with E-state index < -0.39 is 0 Å². The molecule has 1 aromatic carbocycles. The summed E-state index contributed by atoms with van der Waals surface area (Å²) >= 11 is 0. The highest BCUT2D eigenvalue weighted by atomic mass is 16.5. The van der Waals surface area contributed by atoms with E-state index in [1.807, 2.05) is 6.07 Å². The molecule has 6 nitrogen and oxygen atoms in total. The van der Waals surface area contributed by atoms with Crippen molar-refractivity contribution in [3.63, 3.8) is 0 Å². The third-order valence-electron chi connectivity index (χ3n) is 3.84. The molecule has 1 aromatic rings. The molecule has 0 aliphatic carbocycles. The number of nitrogens with zero attached hydrogens (tertiary/aromatic N) is 3. The molecule has 1 aliphatic heterocycles. The van der Waals surface area contributed by atoms with Crippen LogP contribution >= 0.6 is 0 Å². The van der Waals surface area contributed by atoms with Crippen LogP contribution in [0.2, 0.25) is 0 Å². The summed E-state index contributed by atoms with van der Waals surface area (Å²) in [6.07, 6.45) is 0.315. The average Bonchev–Trinajstić information content (AvgIpc) is 2.61. The van der Waals surface area contributed by atoms with E-state index in [1.54, 1.807) is 0 Å². The first-order valence-corrected chi connectivity index (χ1v) is 8.14. The van der Waals surface area contributed by atoms with Crippen LogP contribution in [-0.4, -0.2) is 63.2 Å². The molecule has 2 rings (SSSR count). The Balaban J connectivity index is 1.89. The Morgan fingerprint density at radius 2 is 1.91 bits per heavy atom. The fourth-order valence-electron chi connectivity index (χ4n) is 2.60. The first-order valence-electron chi connectivity index (χ1n) is 8.14. The molecule has 1 fully saturated rings. The smallest absolute Gasteiger partial charge is 0.307 e. The van der Waals surface area contributed by atoms with Gasteiger partial charge < -0.3 is 19.9 Å². The molecule has 1 heterocycles. The van der Waals surface area contributed by atoms with Crippen molar-refractivity contribution in [3.05, 3.63) is 30.3 Å². The first-order chi connectivity index (χ1) is 11.2. The van der Waals surface area contributed by atoms with Crippen LogP contribution in [0.25, 0.3) is 0 Å². The Morgan fingerprint density at radius 1 is 1.22 bits per heavy atom. The van der Waals surface area contributed by atoms with Crippen molar-refractivity contribution in [1.29, 1.82) is 0 Å². The number of rotatable bonds is 5. The number of para-hydroxylation sites is 1. The number of anilines is 1. The van der Waals surface area contributed by atoms with Crippen LogP contribution in [0.3, 0.4) is 0 Å². The van der Waals surface area contributed by atoms with Gasteiger partial charge in [0.15, 0.2) is 5.96 Å². The van der Waals surface area contributed by atoms with Gasteiger partial charge in [0.2, 0.25) is 0 Å². The zero-order valence-electron chi connectivity index (χ0n) is 14.0. The standard InChI is InChI=1S/C17H26N4O2/c1-3-18-17(19-10-9-16(22)23-2)21-13-11-20(12-14-21)15-7-5-4-6-8-15/h4-8H,3,9-14H2,1-2H3,(H,18,19). The summed E-state index contributed by atoms with van der Waals surface area (Å²) in [5.74, 6) is 0.655. The van der Waals surface area contributed by atoms with Crippen molar-refractivity contribution in [2.24, 2.45) is 4.99 Å². The lowest BCUT2D eigenvalue weighted by molar-refractivity contribution is -0.140. The number of aliphatic imine (C=N–C) groups is 1. The highest BCUT2D eigenvalue weighted by molar-refractivity contribution is 5.80. The maximum atomic E-state index is 11.2. The molecule has 0 amide bonds. The van der Waals surface area contributed by atoms with E-state index in [-0.39, 0.29) is 5.97 Å². The number of hydrogen-bond donors (Lipinski definition) is 1. The second-order valence-corrected chi connectivity index (χ2v) is 5.37. The molecule has 6 heteroatoms. The van der Waals surface area contributed by atoms with Gasteiger partial charge >= 0.3 is 5.97 Å². The molecule has 0 unspecified atom stereocenters. The lowest BCUT2D eigenvalue weighted by Gasteiger charge is -2.37. The SMILES string of the molecule is CCNC(=NCCC(=O)OC)N1CCN(c2ccccc2)CC1. The average molecular weight is 318 g/mol. The lowest BCUT2D eigenvalue weighted by Crippen LogP contribution is -2.52. The maximum Gasteiger partial charge on any atom is 0.307 e. The number of piperazine rings is 1. The molecule has 1 saturated heterocycles. The van der Waals surface area contributed by atoms with Crippen molar-refractivity contribution in [2.45, 2.75) is 13.3 Å². The van der Waals surface area contributed by atoms with Gasteiger partial charge in [0.1, 0.15) is 0 Å². The fraction of sp³-hybridized carbons (Fsp3) is 0.529. The van der Waals surface area contributed by atoms with Crippen LogP contribution in [0.4, 0.5) is 5.69 Å². The highest BCUT2D eigenvalue weighted by Crippen LogP contribution is 2.15. The Labute approximate surface area is 138 Å². The van der Waals surface area contributed by atoms with Crippen LogP contribution in [0.1, 0.15) is 13.3 Å². The van der Waals surface area contributed by atoms with Crippen LogP contribution in [0.15, 0.2) is 35.3 Å². The predicted molar refractivity (Wildman–Crippen MR) is 92.8 cm³/mol. The molecule has 1 N–H and O–H groups in total. The molecular formula is C17H26N4O2. The number of benzene rings is 1. The summed E-state index contributed by atoms with van der Waals surface area (Å²) in [5.41, 5.74) is 1.26. The van der Waals surface area contributed by atoms with E-state index in [2.05, 4.69) is 56.0 Å². The van der Waals surface area contributed by atoms with E-state index in [4.69, 9.17) is 0 Å². The zero-order valence-corrected chi connectivity index (χ0v) is 14.0. The summed E-state index contributed by atoms with van der Waals surface area (Å²) in [6.45, 7) is 7.08. The lowest BCUT2D eigenvalue weighted by atomic mass is 10.2. The van der Waals surface area contributed by atoms with E-state index in [1.165, 1.54) is 12.8 Å². The summed E-state index contributed by atoms with van der Waals surface area (Å²) in [5, 5.41) is 3.30. The van der Waals surface area contributed by atoms with Crippen molar-refractivity contribution < 1.29 is 9.53 Å². The number of carbonyl (C=O) groups is 1. The molecule has 1 aliphatic rings. The monoisotopic (exact) mass is 318 g/mol. The maximum absolute atomic E-state index is 11.2. The normalized spacial score (nSPS) is 15.5. The van der Waals surface area contributed by atoms with E-state index in [0.29, 0.717) is 13.0 Å². The highest BCUT2D eigenvalue weighted by Gasteiger charge is 2.19. The van der Waals surface area contributed by atoms with Crippen molar-refractivity contribution in [3.8, 4) is 0 Å². The van der Waals surface area contributed by atoms with E-state index >= 15 is 0 Å². The van der Waals surface area contributed by atoms with Gasteiger partial charge in [-0.15, -0.1) is 0 Å². The number of hydrogen-bond acceptors (Lipinski definition) is 4.